The predicted octanol–water partition coefficient (Wildman–Crippen LogP) is -0.193. The molecular formula is C10H19N3O3. The summed E-state index contributed by atoms with van der Waals surface area (Å²) in [6.45, 7) is 1.07. The minimum absolute atomic E-state index is 0.121. The Bertz CT molecular complexity index is 264. The minimum Gasteiger partial charge on any atom is -0.480 e. The van der Waals surface area contributed by atoms with Crippen molar-refractivity contribution in [1.82, 2.24) is 15.1 Å². The third kappa shape index (κ3) is 4.48. The van der Waals surface area contributed by atoms with Crippen LogP contribution in [0.5, 0.6) is 0 Å². The topological polar surface area (TPSA) is 72.9 Å². The van der Waals surface area contributed by atoms with Gasteiger partial charge in [-0.15, -0.1) is 0 Å². The number of hydrogen-bond acceptors (Lipinski definition) is 3. The molecule has 2 N–H and O–H groups in total. The van der Waals surface area contributed by atoms with Crippen molar-refractivity contribution in [3.05, 3.63) is 0 Å². The van der Waals surface area contributed by atoms with Crippen molar-refractivity contribution in [1.29, 1.82) is 0 Å². The summed E-state index contributed by atoms with van der Waals surface area (Å²) in [5, 5.41) is 11.4. The van der Waals surface area contributed by atoms with Crippen molar-refractivity contribution in [2.45, 2.75) is 18.9 Å². The van der Waals surface area contributed by atoms with Gasteiger partial charge in [-0.05, 0) is 26.9 Å². The maximum absolute atomic E-state index is 11.7. The van der Waals surface area contributed by atoms with Gasteiger partial charge in [0.2, 0.25) is 0 Å². The largest absolute Gasteiger partial charge is 0.480 e. The summed E-state index contributed by atoms with van der Waals surface area (Å²) in [6, 6.07) is -0.151. The van der Waals surface area contributed by atoms with Crippen LogP contribution in [0.3, 0.4) is 0 Å². The van der Waals surface area contributed by atoms with E-state index in [0.717, 1.165) is 19.4 Å². The normalized spacial score (nSPS) is 14.9. The molecule has 0 bridgehead atoms. The number of hydrogen-bond donors (Lipinski definition) is 2. The van der Waals surface area contributed by atoms with E-state index in [2.05, 4.69) is 5.32 Å². The SMILES string of the molecule is CN(C)CCNC(=O)N(CC(=O)O)C1CC1. The van der Waals surface area contributed by atoms with Crippen LogP contribution in [0.15, 0.2) is 0 Å². The molecular weight excluding hydrogens is 210 g/mol. The number of nitrogens with zero attached hydrogens (tertiary/aromatic N) is 2. The second-order valence-electron chi connectivity index (χ2n) is 4.29. The molecule has 6 nitrogen and oxygen atoms in total. The Labute approximate surface area is 95.2 Å². The highest BCUT2D eigenvalue weighted by molar-refractivity contribution is 5.80. The summed E-state index contributed by atoms with van der Waals surface area (Å²) < 4.78 is 0. The fourth-order valence-corrected chi connectivity index (χ4v) is 1.39. The molecule has 6 heteroatoms. The summed E-state index contributed by atoms with van der Waals surface area (Å²) in [4.78, 5) is 25.6. The van der Waals surface area contributed by atoms with Gasteiger partial charge < -0.3 is 20.2 Å². The molecule has 0 aliphatic heterocycles. The number of rotatable bonds is 6. The number of nitrogens with one attached hydrogen (secondary N) is 1. The number of carboxylic acids is 1. The Kier molecular flexibility index (Phi) is 4.54. The fraction of sp³-hybridized carbons (Fsp3) is 0.800. The molecule has 1 aliphatic carbocycles. The summed E-state index contributed by atoms with van der Waals surface area (Å²) in [5.74, 6) is -0.963. The molecule has 0 aromatic rings. The van der Waals surface area contributed by atoms with Gasteiger partial charge in [-0.25, -0.2) is 4.79 Å². The molecule has 0 aromatic carbocycles. The number of aliphatic carboxylic acids is 1. The summed E-state index contributed by atoms with van der Waals surface area (Å²) in [7, 11) is 3.84. The van der Waals surface area contributed by atoms with Crippen LogP contribution in [0.4, 0.5) is 4.79 Å². The van der Waals surface area contributed by atoms with Crippen LogP contribution in [0.2, 0.25) is 0 Å². The van der Waals surface area contributed by atoms with Crippen molar-refractivity contribution in [2.75, 3.05) is 33.7 Å². The van der Waals surface area contributed by atoms with E-state index in [9.17, 15) is 9.59 Å². The molecule has 0 saturated heterocycles. The predicted molar refractivity (Wildman–Crippen MR) is 59.3 cm³/mol. The van der Waals surface area contributed by atoms with Gasteiger partial charge in [0, 0.05) is 19.1 Å². The molecule has 1 saturated carbocycles. The van der Waals surface area contributed by atoms with E-state index in [1.807, 2.05) is 19.0 Å². The first-order valence-electron chi connectivity index (χ1n) is 5.41. The van der Waals surface area contributed by atoms with Crippen molar-refractivity contribution in [2.24, 2.45) is 0 Å². The lowest BCUT2D eigenvalue weighted by Gasteiger charge is -2.21. The fourth-order valence-electron chi connectivity index (χ4n) is 1.39. The van der Waals surface area contributed by atoms with Crippen molar-refractivity contribution >= 4 is 12.0 Å². The third-order valence-corrected chi connectivity index (χ3v) is 2.39. The van der Waals surface area contributed by atoms with Gasteiger partial charge in [0.1, 0.15) is 6.54 Å². The van der Waals surface area contributed by atoms with Gasteiger partial charge in [-0.3, -0.25) is 4.79 Å². The molecule has 92 valence electrons. The Morgan fingerprint density at radius 1 is 1.38 bits per heavy atom. The number of likely N-dealkylation sites (N-methyl/N-ethyl adjacent to an activating group) is 1. The first-order valence-corrected chi connectivity index (χ1v) is 5.41. The van der Waals surface area contributed by atoms with Gasteiger partial charge in [-0.1, -0.05) is 0 Å². The first kappa shape index (κ1) is 12.8. The van der Waals surface area contributed by atoms with E-state index in [-0.39, 0.29) is 18.6 Å². The number of carboxylic acid groups (broad SMARTS) is 1. The number of carbonyl (C=O) groups is 2. The van der Waals surface area contributed by atoms with Crippen molar-refractivity contribution in [3.8, 4) is 0 Å². The highest BCUT2D eigenvalue weighted by atomic mass is 16.4. The summed E-state index contributed by atoms with van der Waals surface area (Å²) in [6.07, 6.45) is 1.82. The van der Waals surface area contributed by atoms with Crippen LogP contribution >= 0.6 is 0 Å². The highest BCUT2D eigenvalue weighted by Gasteiger charge is 2.33. The monoisotopic (exact) mass is 229 g/mol. The van der Waals surface area contributed by atoms with Gasteiger partial charge in [-0.2, -0.15) is 0 Å². The summed E-state index contributed by atoms with van der Waals surface area (Å²) >= 11 is 0. The van der Waals surface area contributed by atoms with Crippen LogP contribution in [0.25, 0.3) is 0 Å². The summed E-state index contributed by atoms with van der Waals surface area (Å²) in [5.41, 5.74) is 0. The first-order chi connectivity index (χ1) is 7.50. The van der Waals surface area contributed by atoms with Gasteiger partial charge in [0.05, 0.1) is 0 Å². The average molecular weight is 229 g/mol. The Morgan fingerprint density at radius 3 is 2.44 bits per heavy atom. The molecule has 1 aliphatic rings. The van der Waals surface area contributed by atoms with Crippen LogP contribution in [-0.2, 0) is 4.79 Å². The molecule has 2 amide bonds. The van der Waals surface area contributed by atoms with Gasteiger partial charge in [0.25, 0.3) is 0 Å². The third-order valence-electron chi connectivity index (χ3n) is 2.39. The molecule has 1 fully saturated rings. The Hall–Kier alpha value is -1.30. The lowest BCUT2D eigenvalue weighted by atomic mass is 10.4. The molecule has 0 atom stereocenters. The average Bonchev–Trinajstić information content (AvgIpc) is 2.96. The van der Waals surface area contributed by atoms with Crippen molar-refractivity contribution < 1.29 is 14.7 Å². The van der Waals surface area contributed by atoms with Gasteiger partial charge in [0.15, 0.2) is 0 Å². The van der Waals surface area contributed by atoms with E-state index in [4.69, 9.17) is 5.11 Å². The number of carbonyl (C=O) groups excluding carboxylic acids is 1. The molecule has 0 heterocycles. The lowest BCUT2D eigenvalue weighted by Crippen LogP contribution is -2.45. The number of amides is 2. The lowest BCUT2D eigenvalue weighted by molar-refractivity contribution is -0.137. The zero-order valence-corrected chi connectivity index (χ0v) is 9.77. The maximum Gasteiger partial charge on any atom is 0.323 e. The smallest absolute Gasteiger partial charge is 0.323 e. The van der Waals surface area contributed by atoms with E-state index < -0.39 is 5.97 Å². The standard InChI is InChI=1S/C10H19N3O3/c1-12(2)6-5-11-10(16)13(7-9(14)15)8-3-4-8/h8H,3-7H2,1-2H3,(H,11,16)(H,14,15). The quantitative estimate of drug-likeness (QED) is 0.662. The van der Waals surface area contributed by atoms with Crippen LogP contribution in [-0.4, -0.2) is 66.7 Å². The molecule has 0 aromatic heterocycles. The molecule has 0 radical (unpaired) electrons. The second kappa shape index (κ2) is 5.69. The number of urea groups is 1. The molecule has 16 heavy (non-hydrogen) atoms. The van der Waals surface area contributed by atoms with Crippen LogP contribution in [0.1, 0.15) is 12.8 Å². The second-order valence-corrected chi connectivity index (χ2v) is 4.29. The highest BCUT2D eigenvalue weighted by Crippen LogP contribution is 2.26. The van der Waals surface area contributed by atoms with Crippen LogP contribution < -0.4 is 5.32 Å². The Morgan fingerprint density at radius 2 is 2.00 bits per heavy atom. The zero-order valence-electron chi connectivity index (χ0n) is 9.77. The molecule has 1 rings (SSSR count). The minimum atomic E-state index is -0.963. The molecule has 0 unspecified atom stereocenters. The van der Waals surface area contributed by atoms with E-state index in [0.29, 0.717) is 6.54 Å². The van der Waals surface area contributed by atoms with E-state index >= 15 is 0 Å². The zero-order chi connectivity index (χ0) is 12.1. The van der Waals surface area contributed by atoms with Crippen molar-refractivity contribution in [3.63, 3.8) is 0 Å². The molecule has 0 spiro atoms. The van der Waals surface area contributed by atoms with Gasteiger partial charge >= 0.3 is 12.0 Å². The van der Waals surface area contributed by atoms with Crippen LogP contribution in [0, 0.1) is 0 Å². The van der Waals surface area contributed by atoms with E-state index in [1.165, 1.54) is 4.90 Å². The maximum atomic E-state index is 11.7. The van der Waals surface area contributed by atoms with E-state index in [1.54, 1.807) is 0 Å². The Balaban J connectivity index is 2.32.